The van der Waals surface area contributed by atoms with E-state index < -0.39 is 0 Å². The van der Waals surface area contributed by atoms with E-state index in [0.717, 1.165) is 24.8 Å². The van der Waals surface area contributed by atoms with Crippen LogP contribution in [0.25, 0.3) is 0 Å². The van der Waals surface area contributed by atoms with Crippen molar-refractivity contribution < 1.29 is 14.1 Å². The molecule has 1 aromatic heterocycles. The molecule has 1 aromatic rings. The molecule has 1 fully saturated rings. The number of rotatable bonds is 4. The Kier molecular flexibility index (Phi) is 4.42. The van der Waals surface area contributed by atoms with Crippen LogP contribution in [-0.4, -0.2) is 25.0 Å². The third-order valence-corrected chi connectivity index (χ3v) is 3.94. The van der Waals surface area contributed by atoms with Gasteiger partial charge in [0.05, 0.1) is 25.9 Å². The van der Waals surface area contributed by atoms with Crippen LogP contribution in [0.2, 0.25) is 0 Å². The quantitative estimate of drug-likeness (QED) is 0.823. The molecule has 18 heavy (non-hydrogen) atoms. The van der Waals surface area contributed by atoms with Gasteiger partial charge in [0.15, 0.2) is 6.04 Å². The molecule has 1 aliphatic rings. The number of piperidine rings is 1. The smallest absolute Gasteiger partial charge is 0.278 e. The molecule has 0 aliphatic carbocycles. The number of hydrogen-bond acceptors (Lipinski definition) is 2. The molecule has 1 saturated heterocycles. The minimum absolute atomic E-state index is 0.0347. The zero-order valence-corrected chi connectivity index (χ0v) is 11.2. The first-order valence-corrected chi connectivity index (χ1v) is 6.81. The molecule has 100 valence electrons. The highest BCUT2D eigenvalue weighted by Gasteiger charge is 2.28. The molecule has 0 radical (unpaired) electrons. The van der Waals surface area contributed by atoms with E-state index in [0.29, 0.717) is 6.54 Å². The van der Waals surface area contributed by atoms with Crippen LogP contribution in [0, 0.1) is 5.92 Å². The van der Waals surface area contributed by atoms with Crippen LogP contribution >= 0.6 is 0 Å². The summed E-state index contributed by atoms with van der Waals surface area (Å²) in [5.74, 6) is 1.74. The molecule has 2 N–H and O–H groups in total. The van der Waals surface area contributed by atoms with Crippen molar-refractivity contribution in [2.24, 2.45) is 5.92 Å². The summed E-state index contributed by atoms with van der Waals surface area (Å²) in [6.07, 6.45) is 4.08. The van der Waals surface area contributed by atoms with Gasteiger partial charge in [-0.15, -0.1) is 0 Å². The molecule has 2 heterocycles. The number of quaternary nitrogens is 1. The normalized spacial score (nSPS) is 25.7. The Hall–Kier alpha value is -1.29. The predicted octanol–water partition coefficient (Wildman–Crippen LogP) is 0.599. The summed E-state index contributed by atoms with van der Waals surface area (Å²) in [5.41, 5.74) is 0. The van der Waals surface area contributed by atoms with Crippen molar-refractivity contribution in [3.8, 4) is 0 Å². The summed E-state index contributed by atoms with van der Waals surface area (Å²) in [6.45, 7) is 7.01. The Balaban J connectivity index is 1.77. The maximum atomic E-state index is 12.0. The second-order valence-electron chi connectivity index (χ2n) is 5.36. The van der Waals surface area contributed by atoms with E-state index in [1.165, 1.54) is 17.7 Å². The summed E-state index contributed by atoms with van der Waals surface area (Å²) in [7, 11) is 0. The average Bonchev–Trinajstić information content (AvgIpc) is 2.89. The van der Waals surface area contributed by atoms with Gasteiger partial charge in [-0.1, -0.05) is 6.92 Å². The largest absolute Gasteiger partial charge is 0.467 e. The van der Waals surface area contributed by atoms with Gasteiger partial charge in [0.1, 0.15) is 5.76 Å². The molecule has 4 nitrogen and oxygen atoms in total. The molecule has 0 bridgehead atoms. The SMILES string of the molecule is CC1CC[NH+]([C@H](C)C(=O)NCc2ccco2)CC1. The van der Waals surface area contributed by atoms with Crippen molar-refractivity contribution in [1.82, 2.24) is 5.32 Å². The van der Waals surface area contributed by atoms with Crippen molar-refractivity contribution in [3.05, 3.63) is 24.2 Å². The lowest BCUT2D eigenvalue weighted by molar-refractivity contribution is -0.920. The molecule has 0 aromatic carbocycles. The van der Waals surface area contributed by atoms with Crippen LogP contribution in [0.3, 0.4) is 0 Å². The molecule has 1 amide bonds. The van der Waals surface area contributed by atoms with Crippen LogP contribution in [-0.2, 0) is 11.3 Å². The molecular weight excluding hydrogens is 228 g/mol. The zero-order chi connectivity index (χ0) is 13.0. The monoisotopic (exact) mass is 251 g/mol. The fourth-order valence-electron chi connectivity index (χ4n) is 2.49. The summed E-state index contributed by atoms with van der Waals surface area (Å²) >= 11 is 0. The Morgan fingerprint density at radius 2 is 2.28 bits per heavy atom. The Bertz CT molecular complexity index is 367. The van der Waals surface area contributed by atoms with E-state index in [-0.39, 0.29) is 11.9 Å². The van der Waals surface area contributed by atoms with Gasteiger partial charge in [-0.3, -0.25) is 4.79 Å². The van der Waals surface area contributed by atoms with Gasteiger partial charge in [0.25, 0.3) is 5.91 Å². The van der Waals surface area contributed by atoms with Crippen LogP contribution in [0.5, 0.6) is 0 Å². The first-order valence-electron chi connectivity index (χ1n) is 6.81. The predicted molar refractivity (Wildman–Crippen MR) is 69.1 cm³/mol. The number of carbonyl (C=O) groups is 1. The van der Waals surface area contributed by atoms with Crippen molar-refractivity contribution >= 4 is 5.91 Å². The fourth-order valence-corrected chi connectivity index (χ4v) is 2.49. The minimum Gasteiger partial charge on any atom is -0.467 e. The van der Waals surface area contributed by atoms with E-state index in [4.69, 9.17) is 4.42 Å². The van der Waals surface area contributed by atoms with Crippen molar-refractivity contribution in [2.75, 3.05) is 13.1 Å². The van der Waals surface area contributed by atoms with E-state index >= 15 is 0 Å². The van der Waals surface area contributed by atoms with Gasteiger partial charge in [-0.05, 0) is 37.8 Å². The third kappa shape index (κ3) is 3.35. The standard InChI is InChI=1S/C14H22N2O2/c1-11-5-7-16(8-6-11)12(2)14(17)15-10-13-4-3-9-18-13/h3-4,9,11-12H,5-8,10H2,1-2H3,(H,15,17)/p+1/t12-/m1/s1. The van der Waals surface area contributed by atoms with Crippen LogP contribution in [0.1, 0.15) is 32.4 Å². The lowest BCUT2D eigenvalue weighted by Crippen LogP contribution is -3.17. The van der Waals surface area contributed by atoms with Gasteiger partial charge in [-0.25, -0.2) is 0 Å². The van der Waals surface area contributed by atoms with Crippen LogP contribution < -0.4 is 10.2 Å². The maximum Gasteiger partial charge on any atom is 0.278 e. The minimum atomic E-state index is 0.0347. The highest BCUT2D eigenvalue weighted by atomic mass is 16.3. The number of likely N-dealkylation sites (tertiary alicyclic amines) is 1. The highest BCUT2D eigenvalue weighted by Crippen LogP contribution is 2.07. The van der Waals surface area contributed by atoms with Gasteiger partial charge >= 0.3 is 0 Å². The number of amides is 1. The summed E-state index contributed by atoms with van der Waals surface area (Å²) in [5, 5.41) is 2.94. The molecule has 4 heteroatoms. The van der Waals surface area contributed by atoms with Crippen LogP contribution in [0.4, 0.5) is 0 Å². The van der Waals surface area contributed by atoms with Gasteiger partial charge in [-0.2, -0.15) is 0 Å². The van der Waals surface area contributed by atoms with Crippen molar-refractivity contribution in [3.63, 3.8) is 0 Å². The molecule has 1 aliphatic heterocycles. The number of nitrogens with one attached hydrogen (secondary N) is 2. The topological polar surface area (TPSA) is 46.7 Å². The van der Waals surface area contributed by atoms with E-state index in [1.807, 2.05) is 19.1 Å². The molecule has 2 rings (SSSR count). The molecule has 0 spiro atoms. The van der Waals surface area contributed by atoms with Crippen molar-refractivity contribution in [2.45, 2.75) is 39.3 Å². The van der Waals surface area contributed by atoms with Crippen molar-refractivity contribution in [1.29, 1.82) is 0 Å². The zero-order valence-electron chi connectivity index (χ0n) is 11.2. The Labute approximate surface area is 108 Å². The third-order valence-electron chi connectivity index (χ3n) is 3.94. The molecule has 0 saturated carbocycles. The van der Waals surface area contributed by atoms with E-state index in [2.05, 4.69) is 12.2 Å². The molecular formula is C14H23N2O2+. The lowest BCUT2D eigenvalue weighted by atomic mass is 9.98. The second kappa shape index (κ2) is 6.05. The molecule has 1 atom stereocenters. The molecule has 0 unspecified atom stereocenters. The first kappa shape index (κ1) is 13.1. The summed E-state index contributed by atoms with van der Waals surface area (Å²) in [4.78, 5) is 13.5. The summed E-state index contributed by atoms with van der Waals surface area (Å²) < 4.78 is 5.20. The maximum absolute atomic E-state index is 12.0. The van der Waals surface area contributed by atoms with E-state index in [9.17, 15) is 4.79 Å². The van der Waals surface area contributed by atoms with Gasteiger partial charge in [0, 0.05) is 0 Å². The Morgan fingerprint density at radius 3 is 2.89 bits per heavy atom. The average molecular weight is 251 g/mol. The van der Waals surface area contributed by atoms with Gasteiger partial charge < -0.3 is 14.6 Å². The first-order chi connectivity index (χ1) is 8.66. The number of furan rings is 1. The Morgan fingerprint density at radius 1 is 1.56 bits per heavy atom. The summed E-state index contributed by atoms with van der Waals surface area (Å²) in [6, 6.07) is 3.75. The fraction of sp³-hybridized carbons (Fsp3) is 0.643. The second-order valence-corrected chi connectivity index (χ2v) is 5.36. The van der Waals surface area contributed by atoms with Gasteiger partial charge in [0.2, 0.25) is 0 Å². The van der Waals surface area contributed by atoms with E-state index in [1.54, 1.807) is 6.26 Å². The lowest BCUT2D eigenvalue weighted by Gasteiger charge is -2.31. The van der Waals surface area contributed by atoms with Crippen LogP contribution in [0.15, 0.2) is 22.8 Å². The number of carbonyl (C=O) groups excluding carboxylic acids is 1. The number of hydrogen-bond donors (Lipinski definition) is 2. The highest BCUT2D eigenvalue weighted by molar-refractivity contribution is 5.79.